The van der Waals surface area contributed by atoms with Crippen LogP contribution in [0.15, 0.2) is 72.4 Å². The minimum absolute atomic E-state index is 0.0186. The maximum atomic E-state index is 14.4. The first kappa shape index (κ1) is 67.8. The Balaban J connectivity index is 1.21. The minimum Gasteiger partial charge on any atom is -0.462 e. The Morgan fingerprint density at radius 2 is 1.50 bits per heavy atom. The van der Waals surface area contributed by atoms with Crippen molar-refractivity contribution in [3.05, 3.63) is 72.4 Å². The number of hydrogen-bond acceptors (Lipinski definition) is 20. The molecule has 0 unspecified atom stereocenters. The molecule has 21 heteroatoms. The fourth-order valence-electron chi connectivity index (χ4n) is 13.7. The largest absolute Gasteiger partial charge is 0.462 e. The van der Waals surface area contributed by atoms with Crippen LogP contribution in [0.25, 0.3) is 0 Å². The summed E-state index contributed by atoms with van der Waals surface area (Å²) >= 11 is 5.89. The van der Waals surface area contributed by atoms with Crippen molar-refractivity contribution < 1.29 is 97.2 Å². The summed E-state index contributed by atoms with van der Waals surface area (Å²) in [7, 11) is 1.58. The number of rotatable bonds is 9. The summed E-state index contributed by atoms with van der Waals surface area (Å²) < 4.78 is 63.5. The Morgan fingerprint density at radius 1 is 0.833 bits per heavy atom. The number of ketones is 1. The number of hydrogen-bond donors (Lipinski definition) is 6. The highest BCUT2D eigenvalue weighted by molar-refractivity contribution is 6.30. The van der Waals surface area contributed by atoms with Gasteiger partial charge in [-0.2, -0.15) is 0 Å². The average molecular weight is 1210 g/mol. The van der Waals surface area contributed by atoms with E-state index in [1.807, 2.05) is 19.1 Å². The quantitative estimate of drug-likeness (QED) is 0.0605. The van der Waals surface area contributed by atoms with Gasteiger partial charge in [-0.15, -0.1) is 0 Å². The van der Waals surface area contributed by atoms with Gasteiger partial charge in [0.25, 0.3) is 0 Å². The number of halogens is 1. The molecule has 20 nitrogen and oxygen atoms in total. The first-order valence-electron chi connectivity index (χ1n) is 29.9. The van der Waals surface area contributed by atoms with E-state index in [9.17, 15) is 49.8 Å². The fraction of sp³-hybridized carbons (Fsp3) is 0.746. The molecule has 0 saturated carbocycles. The van der Waals surface area contributed by atoms with Gasteiger partial charge in [0.1, 0.15) is 36.3 Å². The van der Waals surface area contributed by atoms with Gasteiger partial charge in [-0.25, -0.2) is 0 Å². The van der Waals surface area contributed by atoms with Crippen molar-refractivity contribution in [2.45, 2.75) is 266 Å². The number of fused-ring (bicyclic) bond motifs is 8. The molecule has 0 amide bonds. The van der Waals surface area contributed by atoms with Crippen molar-refractivity contribution in [2.75, 3.05) is 7.11 Å². The van der Waals surface area contributed by atoms with Crippen molar-refractivity contribution >= 4 is 35.3 Å². The normalized spacial score (nSPS) is 43.8. The van der Waals surface area contributed by atoms with Gasteiger partial charge >= 0.3 is 17.9 Å². The van der Waals surface area contributed by atoms with E-state index in [-0.39, 0.29) is 80.6 Å². The summed E-state index contributed by atoms with van der Waals surface area (Å²) in [5.41, 5.74) is -0.458. The molecule has 7 rings (SSSR count). The predicted octanol–water partition coefficient (Wildman–Crippen LogP) is 6.72. The van der Waals surface area contributed by atoms with Gasteiger partial charge in [0.15, 0.2) is 11.6 Å². The van der Waals surface area contributed by atoms with Crippen molar-refractivity contribution in [3.8, 4) is 0 Å². The first-order valence-corrected chi connectivity index (χ1v) is 30.3. The number of aliphatic hydroxyl groups excluding tert-OH is 4. The summed E-state index contributed by atoms with van der Waals surface area (Å²) in [6.07, 6.45) is -2.73. The number of Topliss-reactive ketones (excluding diaryl/α,β-unsaturated/α-hetero) is 1. The molecule has 472 valence electrons. The van der Waals surface area contributed by atoms with E-state index in [2.05, 4.69) is 19.7 Å². The smallest absolute Gasteiger partial charge is 0.308 e. The van der Waals surface area contributed by atoms with Crippen LogP contribution >= 0.6 is 11.6 Å². The summed E-state index contributed by atoms with van der Waals surface area (Å²) in [5.74, 6) is -10.1. The van der Waals surface area contributed by atoms with Gasteiger partial charge in [-0.05, 0) is 57.6 Å². The SMILES string of the molecule is C=C(Cl)/C=C/[C@@H](O)CC(=C)C[C@H]1O[C@@H]2[C@H](C)[C@@H](OC(=O)C[C@H]3C[C@H](OC(C)=O)C[C@@]4(C[C@@](C)(O)C[C@H](CC(=C)[C@@H](C)[C@H](OC(C)=O)[C@H](C)C(=O)C[C@@H]5C[C@H](OC)C[C@@]6(C[C@@H](O)C[C@H](/C=C\CCC[C@H]7O[C@](O)(C=C[C@H]7C)[C@H]2O)O6)O5)O4)O3)[C@@H]1O. The van der Waals surface area contributed by atoms with Crippen LogP contribution in [0.4, 0.5) is 0 Å². The second-order valence-electron chi connectivity index (χ2n) is 25.4. The average Bonchev–Trinajstić information content (AvgIpc) is 1.06. The zero-order valence-corrected chi connectivity index (χ0v) is 50.9. The topological polar surface area (TPSA) is 282 Å². The number of carbonyl (C=O) groups excluding carboxylic acids is 4. The van der Waals surface area contributed by atoms with Gasteiger partial charge in [-0.3, -0.25) is 19.2 Å². The first-order chi connectivity index (χ1) is 39.4. The Kier molecular flexibility index (Phi) is 23.1. The van der Waals surface area contributed by atoms with E-state index in [0.29, 0.717) is 49.7 Å². The number of esters is 3. The van der Waals surface area contributed by atoms with Crippen LogP contribution in [-0.4, -0.2) is 176 Å². The number of carbonyl (C=O) groups is 4. The van der Waals surface area contributed by atoms with E-state index in [1.165, 1.54) is 32.1 Å². The fourth-order valence-corrected chi connectivity index (χ4v) is 13.8. The van der Waals surface area contributed by atoms with Crippen LogP contribution in [0.1, 0.15) is 151 Å². The van der Waals surface area contributed by atoms with Crippen LogP contribution in [0, 0.1) is 23.7 Å². The summed E-state index contributed by atoms with van der Waals surface area (Å²) in [5, 5.41) is 70.9. The predicted molar refractivity (Wildman–Crippen MR) is 306 cm³/mol. The highest BCUT2D eigenvalue weighted by Gasteiger charge is 2.57. The highest BCUT2D eigenvalue weighted by Crippen LogP contribution is 2.48. The standard InChI is InChI=1S/C63H93ClO20/c1-34(21-43(67)18-17-37(4)64)22-53-55(71)57-40(7)58(78-53)59(72)63(74)20-19-35(2)52(84-63)16-14-12-13-15-45-24-44(68)29-61(80-45)31-48(75-11)25-46(81-61)27-51(69)39(6)56(77-42(9)66)38(5)36(3)23-50-30-60(10,73)33-62(83-50)32-49(76-41(8)65)26-47(82-62)28-54(70)79-57/h13,15,17-20,35,38-40,43-50,52-53,55-59,67-68,71-74H,1,3-4,12,14,16,21-33H2,2,5-11H3/b15-13-,18-17+/t35-,38-,39-,40-,43-,44+,45+,46+,47-,48+,49+,50+,52-,53-,55-,56+,57-,58-,59+,60+,61-,62-,63-/m1/s1. The molecular formula is C63H93ClO20. The van der Waals surface area contributed by atoms with Gasteiger partial charge in [0.2, 0.25) is 5.79 Å². The Labute approximate surface area is 499 Å². The number of ether oxygens (including phenoxy) is 10. The molecule has 5 fully saturated rings. The van der Waals surface area contributed by atoms with E-state index in [4.69, 9.17) is 59.0 Å². The molecule has 23 atom stereocenters. The van der Waals surface area contributed by atoms with E-state index >= 15 is 0 Å². The van der Waals surface area contributed by atoms with E-state index < -0.39 is 151 Å². The number of methoxy groups -OCH3 is 1. The third-order valence-electron chi connectivity index (χ3n) is 17.8. The summed E-state index contributed by atoms with van der Waals surface area (Å²) in [6, 6.07) is 0. The Hall–Kier alpha value is -3.71. The Bertz CT molecular complexity index is 2440. The number of aliphatic hydroxyl groups is 6. The van der Waals surface area contributed by atoms with Crippen molar-refractivity contribution in [1.82, 2.24) is 0 Å². The van der Waals surface area contributed by atoms with Crippen LogP contribution < -0.4 is 0 Å². The lowest BCUT2D eigenvalue weighted by molar-refractivity contribution is -0.349. The molecule has 6 N–H and O–H groups in total. The molecule has 0 aromatic heterocycles. The zero-order chi connectivity index (χ0) is 61.6. The number of allylic oxidation sites excluding steroid dienone is 3. The third-order valence-corrected chi connectivity index (χ3v) is 17.9. The van der Waals surface area contributed by atoms with Crippen molar-refractivity contribution in [2.24, 2.45) is 23.7 Å². The van der Waals surface area contributed by atoms with Gasteiger partial charge < -0.3 is 78.0 Å². The molecule has 0 radical (unpaired) electrons. The van der Waals surface area contributed by atoms with Crippen molar-refractivity contribution in [1.29, 1.82) is 0 Å². The van der Waals surface area contributed by atoms with Crippen LogP contribution in [0.2, 0.25) is 0 Å². The van der Waals surface area contributed by atoms with Crippen molar-refractivity contribution in [3.63, 3.8) is 0 Å². The maximum absolute atomic E-state index is 14.4. The monoisotopic (exact) mass is 1200 g/mol. The molecule has 7 aliphatic heterocycles. The van der Waals surface area contributed by atoms with Gasteiger partial charge in [-0.1, -0.05) is 94.5 Å². The maximum Gasteiger partial charge on any atom is 0.308 e. The lowest BCUT2D eigenvalue weighted by Crippen LogP contribution is -2.63. The molecule has 84 heavy (non-hydrogen) atoms. The molecule has 0 aromatic carbocycles. The second kappa shape index (κ2) is 28.6. The van der Waals surface area contributed by atoms with Crippen LogP contribution in [0.3, 0.4) is 0 Å². The molecule has 7 aliphatic rings. The lowest BCUT2D eigenvalue weighted by atomic mass is 9.78. The van der Waals surface area contributed by atoms with Crippen LogP contribution in [-0.2, 0) is 66.5 Å². The van der Waals surface area contributed by atoms with Gasteiger partial charge in [0.05, 0.1) is 79.0 Å². The zero-order valence-electron chi connectivity index (χ0n) is 50.1. The van der Waals surface area contributed by atoms with Crippen LogP contribution in [0.5, 0.6) is 0 Å². The van der Waals surface area contributed by atoms with E-state index in [1.54, 1.807) is 40.9 Å². The Morgan fingerprint density at radius 3 is 2.19 bits per heavy atom. The van der Waals surface area contributed by atoms with E-state index in [0.717, 1.165) is 0 Å². The molecular weight excluding hydrogens is 1110 g/mol. The second-order valence-corrected chi connectivity index (χ2v) is 25.9. The van der Waals surface area contributed by atoms with Gasteiger partial charge in [0, 0.05) is 102 Å². The molecule has 5 saturated heterocycles. The molecule has 10 bridgehead atoms. The molecule has 0 aromatic rings. The highest BCUT2D eigenvalue weighted by atomic mass is 35.5. The molecule has 7 heterocycles. The molecule has 2 spiro atoms. The summed E-state index contributed by atoms with van der Waals surface area (Å²) in [6.45, 7) is 23.3. The summed E-state index contributed by atoms with van der Waals surface area (Å²) in [4.78, 5) is 54.3. The lowest BCUT2D eigenvalue weighted by Gasteiger charge is -2.52. The molecule has 0 aliphatic carbocycles. The third kappa shape index (κ3) is 17.8. The minimum atomic E-state index is -2.31.